The number of rotatable bonds is 9. The van der Waals surface area contributed by atoms with E-state index >= 15 is 0 Å². The van der Waals surface area contributed by atoms with Crippen molar-refractivity contribution in [2.75, 3.05) is 25.6 Å². The van der Waals surface area contributed by atoms with Crippen LogP contribution in [0.25, 0.3) is 22.8 Å². The SMILES string of the molecule is COCCOc1cccc(Cn2cc(-c3noc(-c4ccc(NC(C)=O)cc4)n3)ccc2=O)c1. The molecule has 1 N–H and O–H groups in total. The van der Waals surface area contributed by atoms with Crippen molar-refractivity contribution in [2.45, 2.75) is 13.5 Å². The summed E-state index contributed by atoms with van der Waals surface area (Å²) in [5.41, 5.74) is 2.81. The van der Waals surface area contributed by atoms with Gasteiger partial charge in [0.05, 0.1) is 13.2 Å². The van der Waals surface area contributed by atoms with Gasteiger partial charge in [0.25, 0.3) is 11.4 Å². The fourth-order valence-electron chi connectivity index (χ4n) is 3.32. The molecule has 9 heteroatoms. The van der Waals surface area contributed by atoms with Gasteiger partial charge >= 0.3 is 0 Å². The third kappa shape index (κ3) is 5.76. The first-order chi connectivity index (χ1) is 16.5. The van der Waals surface area contributed by atoms with Gasteiger partial charge in [-0.25, -0.2) is 0 Å². The molecule has 0 saturated heterocycles. The summed E-state index contributed by atoms with van der Waals surface area (Å²) in [6, 6.07) is 17.8. The lowest BCUT2D eigenvalue weighted by Gasteiger charge is -2.10. The van der Waals surface area contributed by atoms with Crippen molar-refractivity contribution in [3.8, 4) is 28.6 Å². The highest BCUT2D eigenvalue weighted by atomic mass is 16.5. The Balaban J connectivity index is 1.52. The number of amides is 1. The molecule has 174 valence electrons. The molecule has 0 radical (unpaired) electrons. The molecule has 0 saturated carbocycles. The summed E-state index contributed by atoms with van der Waals surface area (Å²) in [4.78, 5) is 28.1. The number of carbonyl (C=O) groups is 1. The molecule has 2 heterocycles. The van der Waals surface area contributed by atoms with Crippen LogP contribution < -0.4 is 15.6 Å². The maximum atomic E-state index is 12.5. The predicted molar refractivity (Wildman–Crippen MR) is 127 cm³/mol. The van der Waals surface area contributed by atoms with Crippen LogP contribution in [0.5, 0.6) is 5.75 Å². The number of nitrogens with zero attached hydrogens (tertiary/aromatic N) is 3. The topological polar surface area (TPSA) is 108 Å². The van der Waals surface area contributed by atoms with Crippen LogP contribution in [0.4, 0.5) is 5.69 Å². The van der Waals surface area contributed by atoms with E-state index in [-0.39, 0.29) is 11.5 Å². The molecule has 1 amide bonds. The zero-order valence-corrected chi connectivity index (χ0v) is 18.9. The average Bonchev–Trinajstić information content (AvgIpc) is 3.31. The minimum Gasteiger partial charge on any atom is -0.491 e. The molecule has 0 spiro atoms. The van der Waals surface area contributed by atoms with Crippen molar-refractivity contribution in [1.29, 1.82) is 0 Å². The Morgan fingerprint density at radius 1 is 1.06 bits per heavy atom. The molecule has 0 aliphatic carbocycles. The quantitative estimate of drug-likeness (QED) is 0.380. The summed E-state index contributed by atoms with van der Waals surface area (Å²) in [6.07, 6.45) is 1.70. The number of pyridine rings is 1. The minimum atomic E-state index is -0.147. The zero-order valence-electron chi connectivity index (χ0n) is 18.9. The highest BCUT2D eigenvalue weighted by Crippen LogP contribution is 2.23. The third-order valence-electron chi connectivity index (χ3n) is 4.93. The van der Waals surface area contributed by atoms with Crippen molar-refractivity contribution in [1.82, 2.24) is 14.7 Å². The Kier molecular flexibility index (Phi) is 7.14. The lowest BCUT2D eigenvalue weighted by atomic mass is 10.2. The molecular formula is C25H24N4O5. The molecule has 0 fully saturated rings. The Morgan fingerprint density at radius 2 is 1.85 bits per heavy atom. The fraction of sp³-hybridized carbons (Fsp3) is 0.200. The van der Waals surface area contributed by atoms with Crippen LogP contribution in [0, 0.1) is 0 Å². The van der Waals surface area contributed by atoms with E-state index in [4.69, 9.17) is 14.0 Å². The summed E-state index contributed by atoms with van der Waals surface area (Å²) in [5, 5.41) is 6.77. The van der Waals surface area contributed by atoms with Crippen LogP contribution in [0.1, 0.15) is 12.5 Å². The van der Waals surface area contributed by atoms with E-state index in [0.717, 1.165) is 5.56 Å². The largest absolute Gasteiger partial charge is 0.491 e. The third-order valence-corrected chi connectivity index (χ3v) is 4.93. The molecule has 0 aliphatic rings. The van der Waals surface area contributed by atoms with Gasteiger partial charge in [0.15, 0.2) is 0 Å². The molecule has 9 nitrogen and oxygen atoms in total. The van der Waals surface area contributed by atoms with E-state index in [1.165, 1.54) is 13.0 Å². The van der Waals surface area contributed by atoms with Crippen LogP contribution in [0.3, 0.4) is 0 Å². The first-order valence-corrected chi connectivity index (χ1v) is 10.6. The number of aromatic nitrogens is 3. The van der Waals surface area contributed by atoms with Crippen LogP contribution in [-0.2, 0) is 16.1 Å². The van der Waals surface area contributed by atoms with Crippen LogP contribution in [0.15, 0.2) is 76.2 Å². The summed E-state index contributed by atoms with van der Waals surface area (Å²) >= 11 is 0. The van der Waals surface area contributed by atoms with Gasteiger partial charge in [-0.1, -0.05) is 17.3 Å². The zero-order chi connectivity index (χ0) is 23.9. The number of hydrogen-bond acceptors (Lipinski definition) is 7. The average molecular weight is 460 g/mol. The lowest BCUT2D eigenvalue weighted by Crippen LogP contribution is -2.19. The van der Waals surface area contributed by atoms with E-state index in [9.17, 15) is 9.59 Å². The number of methoxy groups -OCH3 is 1. The molecule has 2 aromatic carbocycles. The van der Waals surface area contributed by atoms with Gasteiger partial charge in [0, 0.05) is 43.1 Å². The molecule has 0 unspecified atom stereocenters. The standard InChI is InChI=1S/C25H24N4O5/c1-17(30)26-21-9-6-19(7-10-21)25-27-24(28-34-25)20-8-11-23(31)29(16-20)15-18-4-3-5-22(14-18)33-13-12-32-2/h3-11,14,16H,12-13,15H2,1-2H3,(H,26,30). The first kappa shape index (κ1) is 22.9. The smallest absolute Gasteiger partial charge is 0.258 e. The summed E-state index contributed by atoms with van der Waals surface area (Å²) < 4.78 is 17.7. The normalized spacial score (nSPS) is 10.8. The molecule has 4 aromatic rings. The summed E-state index contributed by atoms with van der Waals surface area (Å²) in [7, 11) is 1.62. The van der Waals surface area contributed by atoms with Crippen LogP contribution in [0.2, 0.25) is 0 Å². The first-order valence-electron chi connectivity index (χ1n) is 10.6. The van der Waals surface area contributed by atoms with E-state index in [2.05, 4.69) is 15.5 Å². The van der Waals surface area contributed by atoms with Gasteiger partial charge in [0.2, 0.25) is 11.7 Å². The molecular weight excluding hydrogens is 436 g/mol. The predicted octanol–water partition coefficient (Wildman–Crippen LogP) is 3.60. The highest BCUT2D eigenvalue weighted by molar-refractivity contribution is 5.88. The van der Waals surface area contributed by atoms with Gasteiger partial charge in [-0.05, 0) is 48.0 Å². The second-order valence-corrected chi connectivity index (χ2v) is 7.55. The van der Waals surface area contributed by atoms with Gasteiger partial charge in [0.1, 0.15) is 12.4 Å². The van der Waals surface area contributed by atoms with Crippen molar-refractivity contribution in [3.63, 3.8) is 0 Å². The molecule has 0 atom stereocenters. The van der Waals surface area contributed by atoms with E-state index < -0.39 is 0 Å². The molecule has 0 bridgehead atoms. The Hall–Kier alpha value is -4.24. The van der Waals surface area contributed by atoms with Gasteiger partial charge in [-0.3, -0.25) is 9.59 Å². The van der Waals surface area contributed by atoms with Gasteiger partial charge in [-0.15, -0.1) is 0 Å². The minimum absolute atomic E-state index is 0.145. The van der Waals surface area contributed by atoms with Crippen molar-refractivity contribution < 1.29 is 18.8 Å². The maximum absolute atomic E-state index is 12.5. The highest BCUT2D eigenvalue weighted by Gasteiger charge is 2.12. The maximum Gasteiger partial charge on any atom is 0.258 e. The second-order valence-electron chi connectivity index (χ2n) is 7.55. The van der Waals surface area contributed by atoms with Crippen molar-refractivity contribution in [2.24, 2.45) is 0 Å². The van der Waals surface area contributed by atoms with Crippen LogP contribution >= 0.6 is 0 Å². The number of nitrogens with one attached hydrogen (secondary N) is 1. The Bertz CT molecular complexity index is 1330. The monoisotopic (exact) mass is 460 g/mol. The number of anilines is 1. The van der Waals surface area contributed by atoms with Crippen LogP contribution in [-0.4, -0.2) is 40.9 Å². The van der Waals surface area contributed by atoms with E-state index in [1.807, 2.05) is 24.3 Å². The van der Waals surface area contributed by atoms with Crippen molar-refractivity contribution >= 4 is 11.6 Å². The number of benzene rings is 2. The van der Waals surface area contributed by atoms with Crippen molar-refractivity contribution in [3.05, 3.63) is 82.8 Å². The number of hydrogen-bond donors (Lipinski definition) is 1. The lowest BCUT2D eigenvalue weighted by molar-refractivity contribution is -0.114. The van der Waals surface area contributed by atoms with E-state index in [1.54, 1.807) is 48.2 Å². The molecule has 0 aliphatic heterocycles. The number of ether oxygens (including phenoxy) is 2. The van der Waals surface area contributed by atoms with Gasteiger partial charge < -0.3 is 23.9 Å². The van der Waals surface area contributed by atoms with Gasteiger partial charge in [-0.2, -0.15) is 4.98 Å². The Labute approximate surface area is 196 Å². The molecule has 34 heavy (non-hydrogen) atoms. The molecule has 2 aromatic heterocycles. The fourth-order valence-corrected chi connectivity index (χ4v) is 3.32. The second kappa shape index (κ2) is 10.6. The number of carbonyl (C=O) groups excluding carboxylic acids is 1. The van der Waals surface area contributed by atoms with E-state index in [0.29, 0.717) is 54.0 Å². The summed E-state index contributed by atoms with van der Waals surface area (Å²) in [5.74, 6) is 1.27. The molecule has 4 rings (SSSR count). The summed E-state index contributed by atoms with van der Waals surface area (Å²) in [6.45, 7) is 2.76. The Morgan fingerprint density at radius 3 is 2.62 bits per heavy atom.